The summed E-state index contributed by atoms with van der Waals surface area (Å²) < 4.78 is 24.9. The van der Waals surface area contributed by atoms with Crippen LogP contribution in [0.5, 0.6) is 11.5 Å². The molecule has 2 aromatic rings. The summed E-state index contributed by atoms with van der Waals surface area (Å²) in [6, 6.07) is 8.04. The van der Waals surface area contributed by atoms with Crippen molar-refractivity contribution in [2.45, 2.75) is 19.6 Å². The van der Waals surface area contributed by atoms with E-state index in [1.54, 1.807) is 12.1 Å². The molecule has 0 unspecified atom stereocenters. The van der Waals surface area contributed by atoms with Gasteiger partial charge in [0.15, 0.2) is 11.6 Å². The molecule has 1 aliphatic heterocycles. The molecule has 3 nitrogen and oxygen atoms in total. The fraction of sp³-hybridized carbons (Fsp3) is 0.250. The lowest BCUT2D eigenvalue weighted by atomic mass is 10.1. The highest BCUT2D eigenvalue weighted by atomic mass is 35.5. The summed E-state index contributed by atoms with van der Waals surface area (Å²) >= 11 is 6.07. The first-order chi connectivity index (χ1) is 10.2. The Bertz CT molecular complexity index is 673. The third kappa shape index (κ3) is 2.96. The van der Waals surface area contributed by atoms with E-state index in [-0.39, 0.29) is 19.0 Å². The van der Waals surface area contributed by atoms with Crippen molar-refractivity contribution in [1.29, 1.82) is 0 Å². The summed E-state index contributed by atoms with van der Waals surface area (Å²) in [6.07, 6.45) is 0.822. The Morgan fingerprint density at radius 1 is 1.29 bits per heavy atom. The van der Waals surface area contributed by atoms with Gasteiger partial charge in [0.1, 0.15) is 12.4 Å². The fourth-order valence-corrected chi connectivity index (χ4v) is 2.63. The number of benzene rings is 2. The third-order valence-electron chi connectivity index (χ3n) is 3.39. The standard InChI is InChI=1S/C16H14ClFO3/c17-13-6-11-3-4-20-16(11)12(7-13)9-21-15-2-1-10(8-19)5-14(15)18/h1-2,5-7,19H,3-4,8-9H2. The normalized spacial score (nSPS) is 12.9. The zero-order valence-corrected chi connectivity index (χ0v) is 12.0. The second-order valence-corrected chi connectivity index (χ2v) is 5.30. The third-order valence-corrected chi connectivity index (χ3v) is 3.61. The number of aliphatic hydroxyl groups is 1. The van der Waals surface area contributed by atoms with Crippen LogP contribution in [-0.2, 0) is 19.6 Å². The van der Waals surface area contributed by atoms with E-state index >= 15 is 0 Å². The number of fused-ring (bicyclic) bond motifs is 1. The van der Waals surface area contributed by atoms with Gasteiger partial charge in [0.2, 0.25) is 0 Å². The van der Waals surface area contributed by atoms with Gasteiger partial charge in [-0.25, -0.2) is 4.39 Å². The van der Waals surface area contributed by atoms with E-state index in [2.05, 4.69) is 0 Å². The Balaban J connectivity index is 1.79. The largest absolute Gasteiger partial charge is 0.493 e. The van der Waals surface area contributed by atoms with E-state index < -0.39 is 5.82 Å². The Morgan fingerprint density at radius 2 is 2.14 bits per heavy atom. The molecule has 1 heterocycles. The SMILES string of the molecule is OCc1ccc(OCc2cc(Cl)cc3c2OCC3)c(F)c1. The summed E-state index contributed by atoms with van der Waals surface area (Å²) in [5, 5.41) is 9.58. The van der Waals surface area contributed by atoms with Gasteiger partial charge in [-0.2, -0.15) is 0 Å². The minimum absolute atomic E-state index is 0.138. The number of hydrogen-bond acceptors (Lipinski definition) is 3. The van der Waals surface area contributed by atoms with E-state index in [1.165, 1.54) is 12.1 Å². The lowest BCUT2D eigenvalue weighted by Crippen LogP contribution is -2.00. The molecule has 110 valence electrons. The molecule has 0 fully saturated rings. The van der Waals surface area contributed by atoms with Crippen molar-refractivity contribution in [3.8, 4) is 11.5 Å². The summed E-state index contributed by atoms with van der Waals surface area (Å²) in [6.45, 7) is 0.605. The number of rotatable bonds is 4. The smallest absolute Gasteiger partial charge is 0.165 e. The lowest BCUT2D eigenvalue weighted by Gasteiger charge is -2.11. The zero-order valence-electron chi connectivity index (χ0n) is 11.2. The number of halogens is 2. The van der Waals surface area contributed by atoms with Crippen LogP contribution in [0.15, 0.2) is 30.3 Å². The molecule has 5 heteroatoms. The second kappa shape index (κ2) is 5.92. The molecule has 3 rings (SSSR count). The molecular weight excluding hydrogens is 295 g/mol. The van der Waals surface area contributed by atoms with Crippen molar-refractivity contribution in [3.63, 3.8) is 0 Å². The molecule has 0 spiro atoms. The van der Waals surface area contributed by atoms with Crippen LogP contribution in [0.3, 0.4) is 0 Å². The van der Waals surface area contributed by atoms with Crippen LogP contribution in [0.25, 0.3) is 0 Å². The average molecular weight is 309 g/mol. The van der Waals surface area contributed by atoms with Crippen LogP contribution in [0.4, 0.5) is 4.39 Å². The summed E-state index contributed by atoms with van der Waals surface area (Å²) in [4.78, 5) is 0. The average Bonchev–Trinajstić information content (AvgIpc) is 2.93. The topological polar surface area (TPSA) is 38.7 Å². The molecule has 1 aliphatic rings. The van der Waals surface area contributed by atoms with Crippen molar-refractivity contribution in [2.24, 2.45) is 0 Å². The van der Waals surface area contributed by atoms with Gasteiger partial charge in [-0.15, -0.1) is 0 Å². The zero-order chi connectivity index (χ0) is 14.8. The Kier molecular flexibility index (Phi) is 3.99. The minimum Gasteiger partial charge on any atom is -0.493 e. The monoisotopic (exact) mass is 308 g/mol. The summed E-state index contributed by atoms with van der Waals surface area (Å²) in [7, 11) is 0. The molecular formula is C16H14ClFO3. The molecule has 0 aromatic heterocycles. The maximum Gasteiger partial charge on any atom is 0.165 e. The van der Waals surface area contributed by atoms with Gasteiger partial charge in [0.05, 0.1) is 13.2 Å². The van der Waals surface area contributed by atoms with Crippen molar-refractivity contribution in [2.75, 3.05) is 6.61 Å². The maximum absolute atomic E-state index is 13.8. The van der Waals surface area contributed by atoms with Crippen molar-refractivity contribution >= 4 is 11.6 Å². The van der Waals surface area contributed by atoms with E-state index in [0.29, 0.717) is 17.2 Å². The van der Waals surface area contributed by atoms with E-state index in [1.807, 2.05) is 6.07 Å². The Hall–Kier alpha value is -1.78. The van der Waals surface area contributed by atoms with Gasteiger partial charge < -0.3 is 14.6 Å². The predicted molar refractivity (Wildman–Crippen MR) is 77.3 cm³/mol. The maximum atomic E-state index is 13.8. The van der Waals surface area contributed by atoms with Gasteiger partial charge in [-0.1, -0.05) is 17.7 Å². The van der Waals surface area contributed by atoms with Gasteiger partial charge in [0, 0.05) is 17.0 Å². The molecule has 0 saturated carbocycles. The quantitative estimate of drug-likeness (QED) is 0.939. The van der Waals surface area contributed by atoms with Crippen molar-refractivity contribution < 1.29 is 19.0 Å². The van der Waals surface area contributed by atoms with Crippen LogP contribution in [-0.4, -0.2) is 11.7 Å². The van der Waals surface area contributed by atoms with Crippen LogP contribution >= 0.6 is 11.6 Å². The molecule has 0 radical (unpaired) electrons. The highest BCUT2D eigenvalue weighted by Crippen LogP contribution is 2.33. The minimum atomic E-state index is -0.499. The summed E-state index contributed by atoms with van der Waals surface area (Å²) in [5.74, 6) is 0.423. The molecule has 0 amide bonds. The molecule has 0 aliphatic carbocycles. The van der Waals surface area contributed by atoms with Crippen LogP contribution in [0.2, 0.25) is 5.02 Å². The molecule has 0 atom stereocenters. The van der Waals surface area contributed by atoms with E-state index in [9.17, 15) is 4.39 Å². The van der Waals surface area contributed by atoms with Crippen LogP contribution < -0.4 is 9.47 Å². The highest BCUT2D eigenvalue weighted by Gasteiger charge is 2.18. The molecule has 1 N–H and O–H groups in total. The van der Waals surface area contributed by atoms with Gasteiger partial charge >= 0.3 is 0 Å². The highest BCUT2D eigenvalue weighted by molar-refractivity contribution is 6.30. The lowest BCUT2D eigenvalue weighted by molar-refractivity contribution is 0.273. The molecule has 0 bridgehead atoms. The number of aliphatic hydroxyl groups excluding tert-OH is 1. The molecule has 0 saturated heterocycles. The van der Waals surface area contributed by atoms with Crippen molar-refractivity contribution in [1.82, 2.24) is 0 Å². The van der Waals surface area contributed by atoms with Gasteiger partial charge in [0.25, 0.3) is 0 Å². The van der Waals surface area contributed by atoms with Crippen LogP contribution in [0, 0.1) is 5.82 Å². The first-order valence-corrected chi connectivity index (χ1v) is 7.01. The Labute approximate surface area is 126 Å². The van der Waals surface area contributed by atoms with Gasteiger partial charge in [-0.05, 0) is 35.4 Å². The van der Waals surface area contributed by atoms with E-state index in [0.717, 1.165) is 23.3 Å². The van der Waals surface area contributed by atoms with Gasteiger partial charge in [-0.3, -0.25) is 0 Å². The van der Waals surface area contributed by atoms with E-state index in [4.69, 9.17) is 26.2 Å². The second-order valence-electron chi connectivity index (χ2n) is 4.86. The fourth-order valence-electron chi connectivity index (χ4n) is 2.37. The number of hydrogen-bond donors (Lipinski definition) is 1. The molecule has 2 aromatic carbocycles. The predicted octanol–water partition coefficient (Wildman–Crippen LogP) is 3.49. The summed E-state index contributed by atoms with van der Waals surface area (Å²) in [5.41, 5.74) is 2.37. The first kappa shape index (κ1) is 14.2. The first-order valence-electron chi connectivity index (χ1n) is 6.63. The number of ether oxygens (including phenoxy) is 2. The van der Waals surface area contributed by atoms with Crippen molar-refractivity contribution in [3.05, 3.63) is 57.9 Å². The Morgan fingerprint density at radius 3 is 2.90 bits per heavy atom. The van der Waals surface area contributed by atoms with Crippen LogP contribution in [0.1, 0.15) is 16.7 Å². The molecule has 21 heavy (non-hydrogen) atoms.